The molecule has 0 saturated carbocycles. The van der Waals surface area contributed by atoms with Gasteiger partial charge < -0.3 is 5.32 Å². The predicted molar refractivity (Wildman–Crippen MR) is 90.9 cm³/mol. The lowest BCUT2D eigenvalue weighted by Gasteiger charge is -2.13. The molecule has 2 aromatic carbocycles. The van der Waals surface area contributed by atoms with Crippen LogP contribution in [-0.4, -0.2) is 0 Å². The largest absolute Gasteiger partial charge is 0.379 e. The van der Waals surface area contributed by atoms with E-state index in [2.05, 4.69) is 69.0 Å². The van der Waals surface area contributed by atoms with Crippen LogP contribution in [0.15, 0.2) is 42.2 Å². The fourth-order valence-corrected chi connectivity index (χ4v) is 4.53. The van der Waals surface area contributed by atoms with Crippen LogP contribution in [0.4, 0.5) is 14.5 Å². The molecule has 0 atom stereocenters. The number of anilines is 1. The van der Waals surface area contributed by atoms with Gasteiger partial charge in [0, 0.05) is 25.5 Å². The molecular weight excluding hydrogens is 528 g/mol. The molecule has 0 fully saturated rings. The maximum absolute atomic E-state index is 13.9. The van der Waals surface area contributed by atoms with Crippen LogP contribution in [-0.2, 0) is 6.54 Å². The van der Waals surface area contributed by atoms with Crippen LogP contribution in [0.3, 0.4) is 0 Å². The van der Waals surface area contributed by atoms with Gasteiger partial charge in [0.05, 0.1) is 10.2 Å². The smallest absolute Gasteiger partial charge is 0.145 e. The molecule has 1 nitrogen and oxygen atoms in total. The quantitative estimate of drug-likeness (QED) is 0.436. The monoisotopic (exact) mass is 531 g/mol. The lowest BCUT2D eigenvalue weighted by Crippen LogP contribution is -2.06. The molecule has 0 bridgehead atoms. The summed E-state index contributed by atoms with van der Waals surface area (Å²) in [6.45, 7) is 0.0376. The normalized spacial score (nSPS) is 10.7. The maximum atomic E-state index is 13.9. The molecule has 20 heavy (non-hydrogen) atoms. The van der Waals surface area contributed by atoms with Crippen molar-refractivity contribution >= 4 is 69.4 Å². The van der Waals surface area contributed by atoms with Gasteiger partial charge in [-0.3, -0.25) is 0 Å². The first kappa shape index (κ1) is 16.4. The molecule has 0 aliphatic heterocycles. The summed E-state index contributed by atoms with van der Waals surface area (Å²) in [7, 11) is 0. The van der Waals surface area contributed by atoms with Gasteiger partial charge in [-0.05, 0) is 72.1 Å². The van der Waals surface area contributed by atoms with Crippen molar-refractivity contribution < 1.29 is 8.78 Å². The van der Waals surface area contributed by atoms with E-state index < -0.39 is 11.6 Å². The van der Waals surface area contributed by atoms with Gasteiger partial charge in [0.15, 0.2) is 0 Å². The van der Waals surface area contributed by atoms with Crippen LogP contribution in [0.1, 0.15) is 5.56 Å². The Morgan fingerprint density at radius 1 is 0.900 bits per heavy atom. The molecule has 0 radical (unpaired) electrons. The van der Waals surface area contributed by atoms with Crippen LogP contribution in [0.5, 0.6) is 0 Å². The van der Waals surface area contributed by atoms with E-state index >= 15 is 0 Å². The third-order valence-corrected chi connectivity index (χ3v) is 4.91. The number of hydrogen-bond donors (Lipinski definition) is 1. The molecule has 0 spiro atoms. The van der Waals surface area contributed by atoms with Gasteiger partial charge in [-0.25, -0.2) is 8.78 Å². The number of hydrogen-bond acceptors (Lipinski definition) is 1. The molecule has 2 rings (SSSR count). The van der Waals surface area contributed by atoms with Gasteiger partial charge in [0.1, 0.15) is 11.6 Å². The first-order valence-electron chi connectivity index (χ1n) is 5.41. The Morgan fingerprint density at radius 3 is 2.10 bits per heavy atom. The second kappa shape index (κ2) is 6.85. The molecule has 7 heteroatoms. The van der Waals surface area contributed by atoms with Gasteiger partial charge >= 0.3 is 0 Å². The Kier molecular flexibility index (Phi) is 5.62. The summed E-state index contributed by atoms with van der Waals surface area (Å²) in [6.07, 6.45) is 0. The number of rotatable bonds is 3. The minimum atomic E-state index is -0.596. The Balaban J connectivity index is 2.28. The molecule has 0 unspecified atom stereocenters. The van der Waals surface area contributed by atoms with Gasteiger partial charge in [-0.15, -0.1) is 0 Å². The van der Waals surface area contributed by atoms with E-state index in [1.807, 2.05) is 12.1 Å². The lowest BCUT2D eigenvalue weighted by molar-refractivity contribution is 0.555. The lowest BCUT2D eigenvalue weighted by atomic mass is 10.2. The fourth-order valence-electron chi connectivity index (χ4n) is 1.62. The van der Waals surface area contributed by atoms with Gasteiger partial charge in [-0.1, -0.05) is 15.9 Å². The van der Waals surface area contributed by atoms with Crippen molar-refractivity contribution in [2.24, 2.45) is 0 Å². The molecular formula is C13H7Br4F2N. The highest BCUT2D eigenvalue weighted by molar-refractivity contribution is 9.11. The summed E-state index contributed by atoms with van der Waals surface area (Å²) < 4.78 is 30.2. The third-order valence-electron chi connectivity index (χ3n) is 2.59. The summed E-state index contributed by atoms with van der Waals surface area (Å²) in [5, 5.41) is 3.02. The summed E-state index contributed by atoms with van der Waals surface area (Å²) in [5.74, 6) is -1.18. The van der Waals surface area contributed by atoms with Crippen molar-refractivity contribution in [3.63, 3.8) is 0 Å². The summed E-state index contributed by atoms with van der Waals surface area (Å²) in [6, 6.07) is 6.27. The van der Waals surface area contributed by atoms with Crippen LogP contribution in [0.2, 0.25) is 0 Å². The Morgan fingerprint density at radius 2 is 1.50 bits per heavy atom. The SMILES string of the molecule is Fc1ccc(Br)c(F)c1CNc1c(Br)cc(Br)cc1Br. The average molecular weight is 535 g/mol. The maximum Gasteiger partial charge on any atom is 0.145 e. The highest BCUT2D eigenvalue weighted by atomic mass is 79.9. The molecule has 0 saturated heterocycles. The van der Waals surface area contributed by atoms with E-state index in [1.54, 1.807) is 0 Å². The highest BCUT2D eigenvalue weighted by Gasteiger charge is 2.13. The van der Waals surface area contributed by atoms with Gasteiger partial charge in [0.2, 0.25) is 0 Å². The van der Waals surface area contributed by atoms with Crippen LogP contribution in [0, 0.1) is 11.6 Å². The molecule has 1 N–H and O–H groups in total. The second-order valence-electron chi connectivity index (χ2n) is 3.92. The van der Waals surface area contributed by atoms with Crippen molar-refractivity contribution in [2.75, 3.05) is 5.32 Å². The molecule has 106 valence electrons. The molecule has 0 aromatic heterocycles. The Bertz CT molecular complexity index is 638. The van der Waals surface area contributed by atoms with Crippen molar-refractivity contribution in [3.8, 4) is 0 Å². The summed E-state index contributed by atoms with van der Waals surface area (Å²) in [4.78, 5) is 0. The van der Waals surface area contributed by atoms with Gasteiger partial charge in [-0.2, -0.15) is 0 Å². The Labute approximate surface area is 148 Å². The van der Waals surface area contributed by atoms with Crippen molar-refractivity contribution in [2.45, 2.75) is 6.54 Å². The highest BCUT2D eigenvalue weighted by Crippen LogP contribution is 2.35. The molecule has 0 amide bonds. The van der Waals surface area contributed by atoms with E-state index in [1.165, 1.54) is 12.1 Å². The topological polar surface area (TPSA) is 12.0 Å². The fraction of sp³-hybridized carbons (Fsp3) is 0.0769. The third kappa shape index (κ3) is 3.61. The first-order valence-corrected chi connectivity index (χ1v) is 8.58. The minimum absolute atomic E-state index is 0.0129. The summed E-state index contributed by atoms with van der Waals surface area (Å²) >= 11 is 13.2. The standard InChI is InChI=1S/C13H7Br4F2N/c14-6-3-9(16)13(10(17)4-6)20-5-7-11(18)2-1-8(15)12(7)19/h1-4,20H,5H2. The summed E-state index contributed by atoms with van der Waals surface area (Å²) in [5.41, 5.74) is 0.716. The van der Waals surface area contributed by atoms with E-state index in [-0.39, 0.29) is 16.6 Å². The molecule has 0 aliphatic rings. The van der Waals surface area contributed by atoms with Crippen LogP contribution in [0.25, 0.3) is 0 Å². The van der Waals surface area contributed by atoms with Crippen molar-refractivity contribution in [1.82, 2.24) is 0 Å². The van der Waals surface area contributed by atoms with E-state index in [9.17, 15) is 8.78 Å². The number of nitrogens with one attached hydrogen (secondary N) is 1. The average Bonchev–Trinajstić information content (AvgIpc) is 2.36. The zero-order valence-electron chi connectivity index (χ0n) is 9.78. The Hall–Kier alpha value is 0.0200. The number of benzene rings is 2. The zero-order chi connectivity index (χ0) is 14.9. The van der Waals surface area contributed by atoms with Crippen molar-refractivity contribution in [1.29, 1.82) is 0 Å². The first-order chi connectivity index (χ1) is 9.40. The molecule has 0 heterocycles. The molecule has 0 aliphatic carbocycles. The number of halogens is 6. The molecule has 2 aromatic rings. The van der Waals surface area contributed by atoms with Crippen LogP contribution >= 0.6 is 63.7 Å². The van der Waals surface area contributed by atoms with E-state index in [0.717, 1.165) is 19.1 Å². The predicted octanol–water partition coefficient (Wildman–Crippen LogP) is 6.63. The minimum Gasteiger partial charge on any atom is -0.379 e. The van der Waals surface area contributed by atoms with E-state index in [0.29, 0.717) is 0 Å². The zero-order valence-corrected chi connectivity index (χ0v) is 16.1. The second-order valence-corrected chi connectivity index (χ2v) is 7.40. The van der Waals surface area contributed by atoms with Gasteiger partial charge in [0.25, 0.3) is 0 Å². The van der Waals surface area contributed by atoms with Crippen LogP contribution < -0.4 is 5.32 Å². The van der Waals surface area contributed by atoms with Crippen molar-refractivity contribution in [3.05, 3.63) is 59.4 Å². The van der Waals surface area contributed by atoms with E-state index in [4.69, 9.17) is 0 Å².